The number of benzene rings is 1. The van der Waals surface area contributed by atoms with Gasteiger partial charge in [0.15, 0.2) is 5.82 Å². The van der Waals surface area contributed by atoms with Crippen molar-refractivity contribution in [3.8, 4) is 0 Å². The van der Waals surface area contributed by atoms with Crippen LogP contribution >= 0.6 is 0 Å². The minimum absolute atomic E-state index is 0.374. The lowest BCUT2D eigenvalue weighted by molar-refractivity contribution is -0.137. The van der Waals surface area contributed by atoms with E-state index in [4.69, 9.17) is 0 Å². The molecule has 1 N–H and O–H groups in total. The smallest absolute Gasteiger partial charge is 0.343 e. The topological polar surface area (TPSA) is 42.0 Å². The van der Waals surface area contributed by atoms with E-state index in [9.17, 15) is 26.7 Å². The van der Waals surface area contributed by atoms with E-state index in [0.717, 1.165) is 24.4 Å². The number of aromatic nitrogens is 1. The zero-order valence-corrected chi connectivity index (χ0v) is 12.7. The lowest BCUT2D eigenvalue weighted by atomic mass is 9.93. The lowest BCUT2D eigenvalue weighted by Gasteiger charge is -2.27. The second kappa shape index (κ2) is 6.18. The maximum atomic E-state index is 13.6. The van der Waals surface area contributed by atoms with Gasteiger partial charge in [0.2, 0.25) is 5.95 Å². The van der Waals surface area contributed by atoms with E-state index in [2.05, 4.69) is 10.3 Å². The first-order chi connectivity index (χ1) is 11.0. The van der Waals surface area contributed by atoms with Crippen LogP contribution in [0.2, 0.25) is 0 Å². The largest absolute Gasteiger partial charge is 0.416 e. The average Bonchev–Trinajstić information content (AvgIpc) is 2.48. The van der Waals surface area contributed by atoms with Crippen molar-refractivity contribution in [2.24, 2.45) is 0 Å². The van der Waals surface area contributed by atoms with Crippen molar-refractivity contribution in [3.63, 3.8) is 0 Å². The predicted molar refractivity (Wildman–Crippen MR) is 76.1 cm³/mol. The molecular weight excluding hydrogens is 331 g/mol. The summed E-state index contributed by atoms with van der Waals surface area (Å²) in [6, 6.07) is 5.21. The molecule has 0 aliphatic rings. The number of halogens is 5. The van der Waals surface area contributed by atoms with Crippen LogP contribution < -0.4 is 5.32 Å². The van der Waals surface area contributed by atoms with E-state index in [1.807, 2.05) is 0 Å². The Hall–Kier alpha value is -2.51. The third-order valence-corrected chi connectivity index (χ3v) is 3.45. The number of carbonyl (C=O) groups excluding carboxylic acids is 1. The third-order valence-electron chi connectivity index (χ3n) is 3.45. The number of carbonyl (C=O) groups is 1. The van der Waals surface area contributed by atoms with Gasteiger partial charge in [-0.25, -0.2) is 9.37 Å². The van der Waals surface area contributed by atoms with Crippen molar-refractivity contribution in [1.29, 1.82) is 0 Å². The van der Waals surface area contributed by atoms with E-state index in [1.54, 1.807) is 0 Å². The highest BCUT2D eigenvalue weighted by Crippen LogP contribution is 2.31. The maximum absolute atomic E-state index is 13.6. The van der Waals surface area contributed by atoms with Crippen molar-refractivity contribution in [1.82, 2.24) is 10.3 Å². The van der Waals surface area contributed by atoms with Crippen LogP contribution in [0.4, 0.5) is 22.0 Å². The molecule has 3 nitrogen and oxygen atoms in total. The molecule has 0 unspecified atom stereocenters. The summed E-state index contributed by atoms with van der Waals surface area (Å²) in [7, 11) is 0. The highest BCUT2D eigenvalue weighted by molar-refractivity contribution is 5.94. The standard InChI is InChI=1S/C16H13F5N2O/c1-15(2,9-3-5-10(6-4-9)16(19,20)21)23-14(24)11-7-8-22-13(18)12(11)17/h3-8H,1-2H3,(H,23,24). The fourth-order valence-electron chi connectivity index (χ4n) is 2.09. The summed E-state index contributed by atoms with van der Waals surface area (Å²) >= 11 is 0. The Balaban J connectivity index is 2.24. The van der Waals surface area contributed by atoms with Crippen molar-refractivity contribution < 1.29 is 26.7 Å². The molecule has 24 heavy (non-hydrogen) atoms. The van der Waals surface area contributed by atoms with Gasteiger partial charge in [0.1, 0.15) is 0 Å². The molecule has 1 heterocycles. The van der Waals surface area contributed by atoms with Crippen LogP contribution in [0.15, 0.2) is 36.5 Å². The molecule has 2 rings (SSSR count). The van der Waals surface area contributed by atoms with E-state index >= 15 is 0 Å². The number of hydrogen-bond donors (Lipinski definition) is 1. The molecule has 0 saturated heterocycles. The van der Waals surface area contributed by atoms with Crippen LogP contribution in [0, 0.1) is 11.8 Å². The summed E-state index contributed by atoms with van der Waals surface area (Å²) < 4.78 is 64.4. The quantitative estimate of drug-likeness (QED) is 0.674. The Morgan fingerprint density at radius 2 is 1.54 bits per heavy atom. The summed E-state index contributed by atoms with van der Waals surface area (Å²) in [5.41, 5.74) is -2.09. The molecule has 0 spiro atoms. The van der Waals surface area contributed by atoms with Crippen LogP contribution in [0.5, 0.6) is 0 Å². The van der Waals surface area contributed by atoms with Crippen molar-refractivity contribution in [3.05, 3.63) is 65.0 Å². The highest BCUT2D eigenvalue weighted by Gasteiger charge is 2.31. The van der Waals surface area contributed by atoms with Gasteiger partial charge < -0.3 is 5.32 Å². The first-order valence-electron chi connectivity index (χ1n) is 6.82. The molecule has 0 radical (unpaired) electrons. The molecule has 0 aliphatic heterocycles. The zero-order chi connectivity index (χ0) is 18.1. The minimum Gasteiger partial charge on any atom is -0.343 e. The van der Waals surface area contributed by atoms with Gasteiger partial charge >= 0.3 is 6.18 Å². The molecule has 2 aromatic rings. The number of pyridine rings is 1. The van der Waals surface area contributed by atoms with E-state index < -0.39 is 40.5 Å². The summed E-state index contributed by atoms with van der Waals surface area (Å²) in [5, 5.41) is 2.46. The number of hydrogen-bond acceptors (Lipinski definition) is 2. The van der Waals surface area contributed by atoms with Gasteiger partial charge in [-0.2, -0.15) is 17.6 Å². The van der Waals surface area contributed by atoms with E-state index in [-0.39, 0.29) is 0 Å². The molecule has 1 aromatic carbocycles. The molecule has 1 aromatic heterocycles. The van der Waals surface area contributed by atoms with Gasteiger partial charge in [-0.3, -0.25) is 4.79 Å². The van der Waals surface area contributed by atoms with Crippen molar-refractivity contribution in [2.75, 3.05) is 0 Å². The minimum atomic E-state index is -4.47. The molecule has 0 atom stereocenters. The summed E-state index contributed by atoms with van der Waals surface area (Å²) in [4.78, 5) is 15.2. The van der Waals surface area contributed by atoms with Gasteiger partial charge in [0.25, 0.3) is 5.91 Å². The van der Waals surface area contributed by atoms with Crippen molar-refractivity contribution in [2.45, 2.75) is 25.6 Å². The maximum Gasteiger partial charge on any atom is 0.416 e. The monoisotopic (exact) mass is 344 g/mol. The number of nitrogens with zero attached hydrogens (tertiary/aromatic N) is 1. The Morgan fingerprint density at radius 1 is 1.00 bits per heavy atom. The second-order valence-electron chi connectivity index (χ2n) is 5.62. The molecular formula is C16H13F5N2O. The zero-order valence-electron chi connectivity index (χ0n) is 12.7. The summed E-state index contributed by atoms with van der Waals surface area (Å²) in [5.74, 6) is -3.70. The number of rotatable bonds is 3. The van der Waals surface area contributed by atoms with Gasteiger partial charge in [-0.1, -0.05) is 12.1 Å². The predicted octanol–water partition coefficient (Wildman–Crippen LogP) is 4.04. The molecule has 8 heteroatoms. The van der Waals surface area contributed by atoms with Crippen molar-refractivity contribution >= 4 is 5.91 Å². The SMILES string of the molecule is CC(C)(NC(=O)c1ccnc(F)c1F)c1ccc(C(F)(F)F)cc1. The first kappa shape index (κ1) is 17.8. The van der Waals surface area contributed by atoms with Crippen LogP contribution in [0.25, 0.3) is 0 Å². The number of alkyl halides is 3. The molecule has 0 bridgehead atoms. The number of amides is 1. The van der Waals surface area contributed by atoms with Gasteiger partial charge in [0, 0.05) is 6.20 Å². The summed E-state index contributed by atoms with van der Waals surface area (Å²) in [6.07, 6.45) is -3.53. The summed E-state index contributed by atoms with van der Waals surface area (Å²) in [6.45, 7) is 3.06. The van der Waals surface area contributed by atoms with Crippen LogP contribution in [-0.4, -0.2) is 10.9 Å². The molecule has 128 valence electrons. The fourth-order valence-corrected chi connectivity index (χ4v) is 2.09. The fraction of sp³-hybridized carbons (Fsp3) is 0.250. The highest BCUT2D eigenvalue weighted by atomic mass is 19.4. The van der Waals surface area contributed by atoms with Gasteiger partial charge in [0.05, 0.1) is 16.7 Å². The van der Waals surface area contributed by atoms with E-state index in [1.165, 1.54) is 26.0 Å². The normalized spacial score (nSPS) is 12.1. The molecule has 0 aliphatic carbocycles. The Kier molecular flexibility index (Phi) is 4.59. The van der Waals surface area contributed by atoms with Crippen LogP contribution in [0.1, 0.15) is 35.3 Å². The Labute approximate surface area is 134 Å². The number of nitrogens with one attached hydrogen (secondary N) is 1. The van der Waals surface area contributed by atoms with Gasteiger partial charge in [-0.05, 0) is 37.6 Å². The molecule has 0 fully saturated rings. The van der Waals surface area contributed by atoms with Gasteiger partial charge in [-0.15, -0.1) is 0 Å². The third kappa shape index (κ3) is 3.69. The lowest BCUT2D eigenvalue weighted by Crippen LogP contribution is -2.41. The average molecular weight is 344 g/mol. The van der Waals surface area contributed by atoms with Crippen LogP contribution in [-0.2, 0) is 11.7 Å². The van der Waals surface area contributed by atoms with Crippen LogP contribution in [0.3, 0.4) is 0 Å². The first-order valence-corrected chi connectivity index (χ1v) is 6.82. The second-order valence-corrected chi connectivity index (χ2v) is 5.62. The molecule has 1 amide bonds. The van der Waals surface area contributed by atoms with E-state index in [0.29, 0.717) is 5.56 Å². The Bertz CT molecular complexity index is 754. The Morgan fingerprint density at radius 3 is 2.08 bits per heavy atom. The molecule has 0 saturated carbocycles.